The summed E-state index contributed by atoms with van der Waals surface area (Å²) in [6.07, 6.45) is -4.55. The smallest absolute Gasteiger partial charge is 0.322 e. The van der Waals surface area contributed by atoms with Crippen molar-refractivity contribution in [3.8, 4) is 0 Å². The van der Waals surface area contributed by atoms with E-state index in [-0.39, 0.29) is 16.1 Å². The molecule has 3 aromatic rings. The van der Waals surface area contributed by atoms with E-state index in [1.165, 1.54) is 30.3 Å². The Labute approximate surface area is 185 Å². The number of carbonyl (C=O) groups is 1. The van der Waals surface area contributed by atoms with Crippen molar-refractivity contribution < 1.29 is 26.4 Å². The third kappa shape index (κ3) is 5.65. The van der Waals surface area contributed by atoms with E-state index >= 15 is 0 Å². The lowest BCUT2D eigenvalue weighted by molar-refractivity contribution is -0.137. The van der Waals surface area contributed by atoms with Crippen LogP contribution in [0.25, 0.3) is 0 Å². The average molecular weight is 513 g/mol. The van der Waals surface area contributed by atoms with E-state index in [2.05, 4.69) is 26.0 Å². The molecule has 0 aromatic heterocycles. The lowest BCUT2D eigenvalue weighted by Gasteiger charge is -2.13. The molecule has 10 heteroatoms. The zero-order chi connectivity index (χ0) is 22.8. The topological polar surface area (TPSA) is 75.3 Å². The van der Waals surface area contributed by atoms with E-state index in [1.54, 1.807) is 31.2 Å². The molecule has 0 heterocycles. The van der Waals surface area contributed by atoms with E-state index in [9.17, 15) is 26.4 Å². The average Bonchev–Trinajstić information content (AvgIpc) is 2.67. The molecule has 162 valence electrons. The Hall–Kier alpha value is -2.85. The molecule has 0 aliphatic carbocycles. The molecule has 0 fully saturated rings. The largest absolute Gasteiger partial charge is 0.416 e. The fourth-order valence-electron chi connectivity index (χ4n) is 2.75. The lowest BCUT2D eigenvalue weighted by Crippen LogP contribution is -2.17. The first-order valence-corrected chi connectivity index (χ1v) is 11.1. The molecule has 0 bridgehead atoms. The van der Waals surface area contributed by atoms with Crippen molar-refractivity contribution in [3.05, 3.63) is 87.9 Å². The first-order chi connectivity index (χ1) is 14.5. The molecule has 3 rings (SSSR count). The third-order valence-corrected chi connectivity index (χ3v) is 6.16. The number of amides is 1. The predicted molar refractivity (Wildman–Crippen MR) is 116 cm³/mol. The molecule has 0 radical (unpaired) electrons. The molecule has 0 saturated carbocycles. The number of alkyl halides is 3. The second-order valence-corrected chi connectivity index (χ2v) is 9.22. The van der Waals surface area contributed by atoms with Gasteiger partial charge in [-0.1, -0.05) is 34.1 Å². The van der Waals surface area contributed by atoms with Crippen LogP contribution in [0.5, 0.6) is 0 Å². The number of sulfonamides is 1. The lowest BCUT2D eigenvalue weighted by atomic mass is 10.1. The van der Waals surface area contributed by atoms with Gasteiger partial charge in [-0.3, -0.25) is 9.52 Å². The summed E-state index contributed by atoms with van der Waals surface area (Å²) in [4.78, 5) is 12.5. The molecule has 3 aromatic carbocycles. The van der Waals surface area contributed by atoms with E-state index in [4.69, 9.17) is 0 Å². The highest BCUT2D eigenvalue weighted by Crippen LogP contribution is 2.31. The maximum absolute atomic E-state index is 12.9. The molecule has 0 saturated heterocycles. The van der Waals surface area contributed by atoms with Crippen LogP contribution >= 0.6 is 15.9 Å². The number of carbonyl (C=O) groups excluding carboxylic acids is 1. The number of aryl methyl sites for hydroxylation is 1. The summed E-state index contributed by atoms with van der Waals surface area (Å²) in [5.74, 6) is -0.726. The molecule has 0 aliphatic rings. The predicted octanol–water partition coefficient (Wildman–Crippen LogP) is 5.83. The van der Waals surface area contributed by atoms with Gasteiger partial charge in [0.2, 0.25) is 0 Å². The van der Waals surface area contributed by atoms with Gasteiger partial charge >= 0.3 is 6.18 Å². The van der Waals surface area contributed by atoms with Gasteiger partial charge in [-0.25, -0.2) is 8.42 Å². The molecule has 0 aliphatic heterocycles. The van der Waals surface area contributed by atoms with Crippen LogP contribution in [0.15, 0.2) is 76.1 Å². The quantitative estimate of drug-likeness (QED) is 0.451. The van der Waals surface area contributed by atoms with Gasteiger partial charge in [0.25, 0.3) is 15.9 Å². The van der Waals surface area contributed by atoms with Crippen LogP contribution < -0.4 is 10.0 Å². The number of rotatable bonds is 5. The monoisotopic (exact) mass is 512 g/mol. The Kier molecular flexibility index (Phi) is 6.42. The summed E-state index contributed by atoms with van der Waals surface area (Å²) >= 11 is 3.26. The summed E-state index contributed by atoms with van der Waals surface area (Å²) in [6, 6.07) is 14.7. The molecule has 0 unspecified atom stereocenters. The third-order valence-electron chi connectivity index (χ3n) is 4.29. The molecule has 0 spiro atoms. The first-order valence-electron chi connectivity index (χ1n) is 8.83. The maximum atomic E-state index is 12.9. The highest BCUT2D eigenvalue weighted by atomic mass is 79.9. The molecular weight excluding hydrogens is 497 g/mol. The summed E-state index contributed by atoms with van der Waals surface area (Å²) in [5.41, 5.74) is -0.151. The van der Waals surface area contributed by atoms with Crippen LogP contribution in [0.1, 0.15) is 21.5 Å². The zero-order valence-corrected chi connectivity index (χ0v) is 18.4. The molecule has 5 nitrogen and oxygen atoms in total. The van der Waals surface area contributed by atoms with Crippen molar-refractivity contribution in [2.24, 2.45) is 0 Å². The molecule has 1 amide bonds. The fraction of sp³-hybridized carbons (Fsp3) is 0.0952. The molecular formula is C21H16BrF3N2O3S. The van der Waals surface area contributed by atoms with Crippen molar-refractivity contribution in [1.29, 1.82) is 0 Å². The van der Waals surface area contributed by atoms with Crippen molar-refractivity contribution in [2.45, 2.75) is 18.0 Å². The van der Waals surface area contributed by atoms with Crippen LogP contribution in [0.3, 0.4) is 0 Å². The van der Waals surface area contributed by atoms with Gasteiger partial charge in [0.1, 0.15) is 0 Å². The summed E-state index contributed by atoms with van der Waals surface area (Å²) in [7, 11) is -4.00. The molecule has 31 heavy (non-hydrogen) atoms. The first kappa shape index (κ1) is 22.8. The van der Waals surface area contributed by atoms with Crippen LogP contribution in [0.4, 0.5) is 24.5 Å². The van der Waals surface area contributed by atoms with Gasteiger partial charge in [0.05, 0.1) is 10.5 Å². The van der Waals surface area contributed by atoms with Gasteiger partial charge in [-0.2, -0.15) is 13.2 Å². The Bertz CT molecular complexity index is 1240. The normalized spacial score (nSPS) is 11.8. The van der Waals surface area contributed by atoms with Crippen molar-refractivity contribution in [3.63, 3.8) is 0 Å². The van der Waals surface area contributed by atoms with E-state index in [0.29, 0.717) is 15.7 Å². The van der Waals surface area contributed by atoms with Crippen molar-refractivity contribution in [1.82, 2.24) is 0 Å². The number of halogens is 4. The van der Waals surface area contributed by atoms with Gasteiger partial charge in [0, 0.05) is 21.4 Å². The van der Waals surface area contributed by atoms with Gasteiger partial charge in [-0.15, -0.1) is 0 Å². The van der Waals surface area contributed by atoms with Gasteiger partial charge in [-0.05, 0) is 61.0 Å². The summed E-state index contributed by atoms with van der Waals surface area (Å²) in [5, 5.41) is 2.39. The number of nitrogens with one attached hydrogen (secondary N) is 2. The maximum Gasteiger partial charge on any atom is 0.416 e. The highest BCUT2D eigenvalue weighted by molar-refractivity contribution is 9.10. The highest BCUT2D eigenvalue weighted by Gasteiger charge is 2.30. The van der Waals surface area contributed by atoms with E-state index < -0.39 is 27.7 Å². The number of benzene rings is 3. The van der Waals surface area contributed by atoms with Crippen LogP contribution in [-0.4, -0.2) is 14.3 Å². The summed E-state index contributed by atoms with van der Waals surface area (Å²) in [6.45, 7) is 1.60. The van der Waals surface area contributed by atoms with Crippen molar-refractivity contribution in [2.75, 3.05) is 10.0 Å². The van der Waals surface area contributed by atoms with Crippen molar-refractivity contribution >= 4 is 43.2 Å². The molecule has 0 atom stereocenters. The Balaban J connectivity index is 1.88. The molecule has 2 N–H and O–H groups in total. The second-order valence-electron chi connectivity index (χ2n) is 6.63. The Morgan fingerprint density at radius 1 is 0.935 bits per heavy atom. The minimum absolute atomic E-state index is 0.0227. The number of hydrogen-bond acceptors (Lipinski definition) is 3. The zero-order valence-electron chi connectivity index (χ0n) is 16.0. The SMILES string of the molecule is Cc1ccc(S(=O)(=O)Nc2cccc(Br)c2)cc1C(=O)Nc1cccc(C(F)(F)F)c1. The van der Waals surface area contributed by atoms with Crippen LogP contribution in [0.2, 0.25) is 0 Å². The van der Waals surface area contributed by atoms with Crippen LogP contribution in [-0.2, 0) is 16.2 Å². The Morgan fingerprint density at radius 3 is 2.29 bits per heavy atom. The van der Waals surface area contributed by atoms with Gasteiger partial charge < -0.3 is 5.32 Å². The van der Waals surface area contributed by atoms with E-state index in [1.807, 2.05) is 0 Å². The Morgan fingerprint density at radius 2 is 1.61 bits per heavy atom. The second kappa shape index (κ2) is 8.72. The number of hydrogen-bond donors (Lipinski definition) is 2. The summed E-state index contributed by atoms with van der Waals surface area (Å²) < 4.78 is 67.2. The van der Waals surface area contributed by atoms with Crippen LogP contribution in [0, 0.1) is 6.92 Å². The van der Waals surface area contributed by atoms with Gasteiger partial charge in [0.15, 0.2) is 0 Å². The standard InChI is InChI=1S/C21H16BrF3N2O3S/c1-13-8-9-18(31(29,30)27-17-7-3-5-15(22)11-17)12-19(13)20(28)26-16-6-2-4-14(10-16)21(23,24)25/h2-12,27H,1H3,(H,26,28). The number of anilines is 2. The minimum atomic E-state index is -4.55. The van der Waals surface area contributed by atoms with E-state index in [0.717, 1.165) is 12.1 Å². The fourth-order valence-corrected chi connectivity index (χ4v) is 4.23. The minimum Gasteiger partial charge on any atom is -0.322 e.